The van der Waals surface area contributed by atoms with Gasteiger partial charge in [-0.2, -0.15) is 0 Å². The number of benzene rings is 1. The Morgan fingerprint density at radius 3 is 2.47 bits per heavy atom. The quantitative estimate of drug-likeness (QED) is 0.882. The lowest BCUT2D eigenvalue weighted by Crippen LogP contribution is -2.13. The Morgan fingerprint density at radius 1 is 1.16 bits per heavy atom. The van der Waals surface area contributed by atoms with Crippen LogP contribution in [0.25, 0.3) is 0 Å². The molecule has 1 N–H and O–H groups in total. The molecule has 4 nitrogen and oxygen atoms in total. The van der Waals surface area contributed by atoms with Gasteiger partial charge in [0.15, 0.2) is 0 Å². The number of rotatable bonds is 3. The molecule has 0 saturated carbocycles. The number of pyridine rings is 1. The highest BCUT2D eigenvalue weighted by atomic mass is 35.5. The summed E-state index contributed by atoms with van der Waals surface area (Å²) in [6.45, 7) is 0. The van der Waals surface area contributed by atoms with Crippen LogP contribution < -0.4 is 4.72 Å². The molecule has 0 aliphatic rings. The van der Waals surface area contributed by atoms with Gasteiger partial charge in [0.25, 0.3) is 10.0 Å². The Balaban J connectivity index is 2.32. The second-order valence-electron chi connectivity index (χ2n) is 3.55. The number of nitrogens with zero attached hydrogens (tertiary/aromatic N) is 1. The molecule has 0 fully saturated rings. The minimum Gasteiger partial charge on any atom is -0.278 e. The first kappa shape index (κ1) is 14.0. The summed E-state index contributed by atoms with van der Waals surface area (Å²) in [5, 5.41) is -0.0233. The van der Waals surface area contributed by atoms with Crippen molar-refractivity contribution in [1.82, 2.24) is 4.98 Å². The molecule has 0 radical (unpaired) electrons. The first-order chi connectivity index (χ1) is 8.88. The van der Waals surface area contributed by atoms with E-state index in [-0.39, 0.29) is 20.8 Å². The van der Waals surface area contributed by atoms with Crippen LogP contribution in [0.4, 0.5) is 10.1 Å². The highest BCUT2D eigenvalue weighted by Gasteiger charge is 2.16. The second kappa shape index (κ2) is 5.32. The fourth-order valence-electron chi connectivity index (χ4n) is 1.29. The maximum Gasteiger partial charge on any atom is 0.261 e. The van der Waals surface area contributed by atoms with Gasteiger partial charge in [0, 0.05) is 0 Å². The number of halogens is 3. The van der Waals surface area contributed by atoms with Gasteiger partial charge in [-0.3, -0.25) is 4.72 Å². The molecule has 0 bridgehead atoms. The summed E-state index contributed by atoms with van der Waals surface area (Å²) in [5.41, 5.74) is 0.241. The topological polar surface area (TPSA) is 59.1 Å². The third kappa shape index (κ3) is 3.34. The molecule has 0 amide bonds. The Bertz CT molecular complexity index is 705. The Hall–Kier alpha value is -1.37. The predicted octanol–water partition coefficient (Wildman–Crippen LogP) is 3.33. The van der Waals surface area contributed by atoms with E-state index >= 15 is 0 Å². The van der Waals surface area contributed by atoms with E-state index in [1.165, 1.54) is 18.3 Å². The maximum atomic E-state index is 13.0. The Kier molecular flexibility index (Phi) is 3.93. The molecular formula is C11H7Cl2FN2O2S. The molecule has 0 unspecified atom stereocenters. The Morgan fingerprint density at radius 2 is 1.89 bits per heavy atom. The predicted molar refractivity (Wildman–Crippen MR) is 71.5 cm³/mol. The van der Waals surface area contributed by atoms with Crippen molar-refractivity contribution in [3.63, 3.8) is 0 Å². The molecule has 2 rings (SSSR count). The molecule has 8 heteroatoms. The number of nitrogens with one attached hydrogen (secondary N) is 1. The largest absolute Gasteiger partial charge is 0.278 e. The zero-order valence-corrected chi connectivity index (χ0v) is 11.6. The van der Waals surface area contributed by atoms with Gasteiger partial charge < -0.3 is 0 Å². The third-order valence-electron chi connectivity index (χ3n) is 2.18. The van der Waals surface area contributed by atoms with Gasteiger partial charge in [0.1, 0.15) is 11.0 Å². The van der Waals surface area contributed by atoms with E-state index in [4.69, 9.17) is 23.2 Å². The normalized spacial score (nSPS) is 11.3. The lowest BCUT2D eigenvalue weighted by Gasteiger charge is -2.08. The molecule has 1 heterocycles. The first-order valence-electron chi connectivity index (χ1n) is 4.98. The monoisotopic (exact) mass is 320 g/mol. The fourth-order valence-corrected chi connectivity index (χ4v) is 2.72. The third-order valence-corrected chi connectivity index (χ3v) is 4.07. The lowest BCUT2D eigenvalue weighted by molar-refractivity contribution is 0.599. The lowest BCUT2D eigenvalue weighted by atomic mass is 10.3. The number of anilines is 1. The van der Waals surface area contributed by atoms with E-state index in [0.29, 0.717) is 0 Å². The van der Waals surface area contributed by atoms with Crippen molar-refractivity contribution < 1.29 is 12.8 Å². The summed E-state index contributed by atoms with van der Waals surface area (Å²) in [5.74, 6) is -0.686. The summed E-state index contributed by atoms with van der Waals surface area (Å²) in [6, 6.07) is 6.03. The van der Waals surface area contributed by atoms with E-state index in [9.17, 15) is 12.8 Å². The number of sulfonamides is 1. The maximum absolute atomic E-state index is 13.0. The summed E-state index contributed by atoms with van der Waals surface area (Å²) in [4.78, 5) is 3.60. The smallest absolute Gasteiger partial charge is 0.261 e. The zero-order valence-electron chi connectivity index (χ0n) is 9.27. The number of hydrogen-bond acceptors (Lipinski definition) is 3. The van der Waals surface area contributed by atoms with Gasteiger partial charge in [0.2, 0.25) is 0 Å². The van der Waals surface area contributed by atoms with Gasteiger partial charge in [-0.05, 0) is 30.3 Å². The van der Waals surface area contributed by atoms with E-state index in [1.807, 2.05) is 0 Å². The second-order valence-corrected chi connectivity index (χ2v) is 6.03. The molecule has 2 aromatic rings. The van der Waals surface area contributed by atoms with Crippen LogP contribution in [-0.2, 0) is 10.0 Å². The number of hydrogen-bond donors (Lipinski definition) is 1. The van der Waals surface area contributed by atoms with Crippen molar-refractivity contribution in [1.29, 1.82) is 0 Å². The molecule has 0 aliphatic carbocycles. The van der Waals surface area contributed by atoms with Gasteiger partial charge in [-0.15, -0.1) is 0 Å². The van der Waals surface area contributed by atoms with Crippen LogP contribution >= 0.6 is 23.2 Å². The first-order valence-corrected chi connectivity index (χ1v) is 7.22. The van der Waals surface area contributed by atoms with E-state index in [0.717, 1.165) is 18.2 Å². The molecular weight excluding hydrogens is 314 g/mol. The van der Waals surface area contributed by atoms with Crippen LogP contribution in [0.1, 0.15) is 0 Å². The summed E-state index contributed by atoms with van der Waals surface area (Å²) in [7, 11) is -3.85. The molecule has 0 atom stereocenters. The molecule has 19 heavy (non-hydrogen) atoms. The van der Waals surface area contributed by atoms with Crippen LogP contribution in [0, 0.1) is 5.82 Å². The number of aromatic nitrogens is 1. The zero-order chi connectivity index (χ0) is 14.0. The minimum absolute atomic E-state index is 0.145. The van der Waals surface area contributed by atoms with Gasteiger partial charge >= 0.3 is 0 Å². The standard InChI is InChI=1S/C11H7Cl2FN2O2S/c12-9-5-8(2-3-10(9)14)19(17,18)16-7-1-4-11(13)15-6-7/h1-6,16H. The Labute approximate surface area is 119 Å². The van der Waals surface area contributed by atoms with E-state index in [2.05, 4.69) is 9.71 Å². The highest BCUT2D eigenvalue weighted by Crippen LogP contribution is 2.21. The van der Waals surface area contributed by atoms with Crippen LogP contribution in [0.2, 0.25) is 10.2 Å². The average molecular weight is 321 g/mol. The van der Waals surface area contributed by atoms with Crippen LogP contribution in [0.3, 0.4) is 0 Å². The van der Waals surface area contributed by atoms with Crippen LogP contribution in [-0.4, -0.2) is 13.4 Å². The molecule has 1 aromatic heterocycles. The van der Waals surface area contributed by atoms with Crippen molar-refractivity contribution >= 4 is 38.9 Å². The molecule has 1 aromatic carbocycles. The summed E-state index contributed by atoms with van der Waals surface area (Å²) >= 11 is 11.1. The highest BCUT2D eigenvalue weighted by molar-refractivity contribution is 7.92. The molecule has 100 valence electrons. The van der Waals surface area contributed by atoms with Crippen molar-refractivity contribution in [3.05, 3.63) is 52.5 Å². The van der Waals surface area contributed by atoms with Crippen molar-refractivity contribution in [2.45, 2.75) is 4.90 Å². The summed E-state index contributed by atoms with van der Waals surface area (Å²) < 4.78 is 39.3. The molecule has 0 spiro atoms. The molecule has 0 aliphatic heterocycles. The van der Waals surface area contributed by atoms with Gasteiger partial charge in [-0.1, -0.05) is 23.2 Å². The average Bonchev–Trinajstić information content (AvgIpc) is 2.35. The van der Waals surface area contributed by atoms with Crippen molar-refractivity contribution in [2.75, 3.05) is 4.72 Å². The van der Waals surface area contributed by atoms with Crippen LogP contribution in [0.5, 0.6) is 0 Å². The van der Waals surface area contributed by atoms with E-state index < -0.39 is 15.8 Å². The van der Waals surface area contributed by atoms with Crippen LogP contribution in [0.15, 0.2) is 41.4 Å². The fraction of sp³-hybridized carbons (Fsp3) is 0. The van der Waals surface area contributed by atoms with E-state index in [1.54, 1.807) is 0 Å². The summed E-state index contributed by atoms with van der Waals surface area (Å²) in [6.07, 6.45) is 1.27. The minimum atomic E-state index is -3.85. The van der Waals surface area contributed by atoms with Gasteiger partial charge in [0.05, 0.1) is 21.8 Å². The van der Waals surface area contributed by atoms with Crippen molar-refractivity contribution in [2.24, 2.45) is 0 Å². The van der Waals surface area contributed by atoms with Gasteiger partial charge in [-0.25, -0.2) is 17.8 Å². The van der Waals surface area contributed by atoms with Crippen molar-refractivity contribution in [3.8, 4) is 0 Å². The molecule has 0 saturated heterocycles. The SMILES string of the molecule is O=S(=O)(Nc1ccc(Cl)nc1)c1ccc(F)c(Cl)c1.